The van der Waals surface area contributed by atoms with Crippen LogP contribution in [-0.2, 0) is 0 Å². The fourth-order valence-corrected chi connectivity index (χ4v) is 2.37. The van der Waals surface area contributed by atoms with E-state index in [2.05, 4.69) is 36.3 Å². The zero-order valence-electron chi connectivity index (χ0n) is 13.5. The normalized spacial score (nSPS) is 21.5. The second kappa shape index (κ2) is 6.12. The molecular weight excluding hydrogens is 238 g/mol. The summed E-state index contributed by atoms with van der Waals surface area (Å²) in [7, 11) is 0. The van der Waals surface area contributed by atoms with Crippen LogP contribution in [0.5, 0.6) is 0 Å². The summed E-state index contributed by atoms with van der Waals surface area (Å²) < 4.78 is 0. The Morgan fingerprint density at radius 1 is 1.26 bits per heavy atom. The summed E-state index contributed by atoms with van der Waals surface area (Å²) in [6.45, 7) is 16.0. The lowest BCUT2D eigenvalue weighted by molar-refractivity contribution is 0.198. The van der Waals surface area contributed by atoms with E-state index in [1.807, 2.05) is 20.8 Å². The fraction of sp³-hybridized carbons (Fsp3) is 0.933. The second-order valence-corrected chi connectivity index (χ2v) is 7.59. The van der Waals surface area contributed by atoms with Gasteiger partial charge in [-0.15, -0.1) is 0 Å². The zero-order chi connectivity index (χ0) is 14.7. The molecule has 1 rings (SSSR count). The molecule has 2 N–H and O–H groups in total. The van der Waals surface area contributed by atoms with Crippen LogP contribution >= 0.6 is 0 Å². The Balaban J connectivity index is 2.35. The number of likely N-dealkylation sites (tertiary alicyclic amines) is 1. The molecule has 1 fully saturated rings. The number of carbonyl (C=O) groups is 1. The van der Waals surface area contributed by atoms with E-state index < -0.39 is 0 Å². The molecule has 0 spiro atoms. The predicted molar refractivity (Wildman–Crippen MR) is 80.3 cm³/mol. The highest BCUT2D eigenvalue weighted by Gasteiger charge is 2.28. The van der Waals surface area contributed by atoms with Gasteiger partial charge in [-0.1, -0.05) is 20.8 Å². The highest BCUT2D eigenvalue weighted by Crippen LogP contribution is 2.23. The number of rotatable bonds is 4. The van der Waals surface area contributed by atoms with Crippen LogP contribution in [0.15, 0.2) is 0 Å². The first-order chi connectivity index (χ1) is 8.61. The standard InChI is InChI=1S/C15H31N3O/c1-7-15(5,6)11-18-9-8-12(10-18)16-13(19)17-14(2,3)4/h12H,7-11H2,1-6H3,(H2,16,17,19)/t12-/m1/s1. The smallest absolute Gasteiger partial charge is 0.315 e. The molecule has 0 bridgehead atoms. The van der Waals surface area contributed by atoms with Crippen molar-refractivity contribution in [1.82, 2.24) is 15.5 Å². The van der Waals surface area contributed by atoms with Crippen LogP contribution in [0.25, 0.3) is 0 Å². The summed E-state index contributed by atoms with van der Waals surface area (Å²) in [4.78, 5) is 14.3. The number of hydrogen-bond acceptors (Lipinski definition) is 2. The quantitative estimate of drug-likeness (QED) is 0.824. The lowest BCUT2D eigenvalue weighted by Crippen LogP contribution is -2.50. The average molecular weight is 269 g/mol. The van der Waals surface area contributed by atoms with Crippen molar-refractivity contribution in [1.29, 1.82) is 0 Å². The van der Waals surface area contributed by atoms with Crippen molar-refractivity contribution in [3.63, 3.8) is 0 Å². The van der Waals surface area contributed by atoms with Gasteiger partial charge in [0.2, 0.25) is 0 Å². The van der Waals surface area contributed by atoms with E-state index in [0.717, 1.165) is 26.1 Å². The Morgan fingerprint density at radius 3 is 2.42 bits per heavy atom. The lowest BCUT2D eigenvalue weighted by Gasteiger charge is -2.29. The van der Waals surface area contributed by atoms with E-state index in [0.29, 0.717) is 5.41 Å². The van der Waals surface area contributed by atoms with Crippen molar-refractivity contribution in [3.05, 3.63) is 0 Å². The maximum atomic E-state index is 11.8. The summed E-state index contributed by atoms with van der Waals surface area (Å²) in [6.07, 6.45) is 2.24. The molecule has 4 heteroatoms. The van der Waals surface area contributed by atoms with Gasteiger partial charge >= 0.3 is 6.03 Å². The summed E-state index contributed by atoms with van der Waals surface area (Å²) in [5.74, 6) is 0. The Kier molecular flexibility index (Phi) is 5.25. The van der Waals surface area contributed by atoms with Gasteiger partial charge in [0, 0.05) is 31.2 Å². The van der Waals surface area contributed by atoms with Gasteiger partial charge in [0.15, 0.2) is 0 Å². The third kappa shape index (κ3) is 6.28. The summed E-state index contributed by atoms with van der Waals surface area (Å²) in [5, 5.41) is 6.03. The van der Waals surface area contributed by atoms with E-state index >= 15 is 0 Å². The van der Waals surface area contributed by atoms with Gasteiger partial charge in [-0.3, -0.25) is 0 Å². The van der Waals surface area contributed by atoms with E-state index in [1.165, 1.54) is 6.42 Å². The van der Waals surface area contributed by atoms with Gasteiger partial charge in [-0.2, -0.15) is 0 Å². The molecule has 1 saturated heterocycles. The molecule has 0 aromatic heterocycles. The monoisotopic (exact) mass is 269 g/mol. The first kappa shape index (κ1) is 16.3. The molecule has 0 aromatic rings. The van der Waals surface area contributed by atoms with Crippen molar-refractivity contribution in [2.75, 3.05) is 19.6 Å². The average Bonchev–Trinajstić information content (AvgIpc) is 2.61. The SMILES string of the molecule is CCC(C)(C)CN1CC[C@@H](NC(=O)NC(C)(C)C)C1. The van der Waals surface area contributed by atoms with Crippen LogP contribution in [0.3, 0.4) is 0 Å². The van der Waals surface area contributed by atoms with Crippen LogP contribution in [0.4, 0.5) is 4.79 Å². The molecule has 19 heavy (non-hydrogen) atoms. The van der Waals surface area contributed by atoms with Gasteiger partial charge in [-0.05, 0) is 39.0 Å². The minimum Gasteiger partial charge on any atom is -0.334 e. The minimum absolute atomic E-state index is 0.0471. The van der Waals surface area contributed by atoms with Crippen molar-refractivity contribution in [2.24, 2.45) is 5.41 Å². The molecule has 0 aliphatic carbocycles. The molecule has 4 nitrogen and oxygen atoms in total. The Morgan fingerprint density at radius 2 is 1.89 bits per heavy atom. The van der Waals surface area contributed by atoms with Crippen LogP contribution in [0.2, 0.25) is 0 Å². The second-order valence-electron chi connectivity index (χ2n) is 7.59. The molecule has 112 valence electrons. The number of amides is 2. The molecule has 1 atom stereocenters. The largest absolute Gasteiger partial charge is 0.334 e. The predicted octanol–water partition coefficient (Wildman–Crippen LogP) is 2.59. The molecule has 1 aliphatic heterocycles. The van der Waals surface area contributed by atoms with Crippen molar-refractivity contribution in [3.8, 4) is 0 Å². The fourth-order valence-electron chi connectivity index (χ4n) is 2.37. The zero-order valence-corrected chi connectivity index (χ0v) is 13.5. The van der Waals surface area contributed by atoms with Gasteiger partial charge < -0.3 is 15.5 Å². The maximum absolute atomic E-state index is 11.8. The summed E-state index contributed by atoms with van der Waals surface area (Å²) >= 11 is 0. The van der Waals surface area contributed by atoms with Crippen molar-refractivity contribution in [2.45, 2.75) is 66.0 Å². The highest BCUT2D eigenvalue weighted by atomic mass is 16.2. The molecule has 1 aliphatic rings. The number of carbonyl (C=O) groups excluding carboxylic acids is 1. The van der Waals surface area contributed by atoms with Gasteiger partial charge in [0.1, 0.15) is 0 Å². The molecule has 0 aromatic carbocycles. The van der Waals surface area contributed by atoms with E-state index in [9.17, 15) is 4.79 Å². The summed E-state index contributed by atoms with van der Waals surface area (Å²) in [6, 6.07) is 0.240. The molecule has 1 heterocycles. The van der Waals surface area contributed by atoms with Crippen LogP contribution in [-0.4, -0.2) is 42.1 Å². The highest BCUT2D eigenvalue weighted by molar-refractivity contribution is 5.75. The topological polar surface area (TPSA) is 44.4 Å². The molecular formula is C15H31N3O. The Labute approximate surface area is 118 Å². The third-order valence-electron chi connectivity index (χ3n) is 3.70. The first-order valence-corrected chi connectivity index (χ1v) is 7.42. The van der Waals surface area contributed by atoms with Crippen LogP contribution in [0, 0.1) is 5.41 Å². The van der Waals surface area contributed by atoms with E-state index in [1.54, 1.807) is 0 Å². The number of urea groups is 1. The van der Waals surface area contributed by atoms with E-state index in [-0.39, 0.29) is 17.6 Å². The van der Waals surface area contributed by atoms with E-state index in [4.69, 9.17) is 0 Å². The van der Waals surface area contributed by atoms with Crippen LogP contribution in [0.1, 0.15) is 54.4 Å². The number of nitrogens with zero attached hydrogens (tertiary/aromatic N) is 1. The Hall–Kier alpha value is -0.770. The van der Waals surface area contributed by atoms with Crippen molar-refractivity contribution >= 4 is 6.03 Å². The Bertz CT molecular complexity index is 307. The van der Waals surface area contributed by atoms with Crippen LogP contribution < -0.4 is 10.6 Å². The van der Waals surface area contributed by atoms with Gasteiger partial charge in [-0.25, -0.2) is 4.79 Å². The molecule has 2 amide bonds. The lowest BCUT2D eigenvalue weighted by atomic mass is 9.90. The third-order valence-corrected chi connectivity index (χ3v) is 3.70. The van der Waals surface area contributed by atoms with Gasteiger partial charge in [0.05, 0.1) is 0 Å². The molecule has 0 saturated carbocycles. The number of nitrogens with one attached hydrogen (secondary N) is 2. The minimum atomic E-state index is -0.174. The molecule has 0 radical (unpaired) electrons. The summed E-state index contributed by atoms with van der Waals surface area (Å²) in [5.41, 5.74) is 0.190. The number of hydrogen-bond donors (Lipinski definition) is 2. The van der Waals surface area contributed by atoms with Gasteiger partial charge in [0.25, 0.3) is 0 Å². The molecule has 0 unspecified atom stereocenters. The maximum Gasteiger partial charge on any atom is 0.315 e. The van der Waals surface area contributed by atoms with Crippen molar-refractivity contribution < 1.29 is 4.79 Å². The first-order valence-electron chi connectivity index (χ1n) is 7.42.